The molecule has 0 saturated carbocycles. The average molecular weight is 425 g/mol. The van der Waals surface area contributed by atoms with Gasteiger partial charge in [-0.1, -0.05) is 48.0 Å². The molecule has 2 aromatic carbocycles. The molecule has 4 rings (SSSR count). The van der Waals surface area contributed by atoms with Crippen LogP contribution in [0, 0.1) is 11.8 Å². The van der Waals surface area contributed by atoms with Crippen LogP contribution < -0.4 is 0 Å². The highest BCUT2D eigenvalue weighted by Gasteiger charge is 2.32. The zero-order valence-electron chi connectivity index (χ0n) is 17.3. The van der Waals surface area contributed by atoms with Gasteiger partial charge in [-0.25, -0.2) is 0 Å². The van der Waals surface area contributed by atoms with E-state index in [0.717, 1.165) is 45.2 Å². The molecule has 5 heteroatoms. The van der Waals surface area contributed by atoms with Crippen LogP contribution in [0.25, 0.3) is 0 Å². The molecule has 0 spiro atoms. The van der Waals surface area contributed by atoms with E-state index >= 15 is 0 Å². The quantitative estimate of drug-likeness (QED) is 0.715. The molecule has 0 atom stereocenters. The van der Waals surface area contributed by atoms with Crippen LogP contribution in [-0.2, 0) is 11.2 Å². The minimum absolute atomic E-state index is 0.00475. The lowest BCUT2D eigenvalue weighted by Crippen LogP contribution is -2.46. The molecular weight excluding hydrogens is 396 g/mol. The normalized spacial score (nSPS) is 18.4. The fourth-order valence-corrected chi connectivity index (χ4v) is 4.89. The van der Waals surface area contributed by atoms with Gasteiger partial charge in [-0.3, -0.25) is 9.59 Å². The second-order valence-electron chi connectivity index (χ2n) is 8.54. The lowest BCUT2D eigenvalue weighted by Gasteiger charge is -2.37. The molecule has 0 bridgehead atoms. The fourth-order valence-electron chi connectivity index (χ4n) is 4.70. The molecule has 2 aliphatic heterocycles. The summed E-state index contributed by atoms with van der Waals surface area (Å²) in [7, 11) is 0. The monoisotopic (exact) mass is 424 g/mol. The zero-order chi connectivity index (χ0) is 20.9. The topological polar surface area (TPSA) is 40.6 Å². The molecule has 0 radical (unpaired) electrons. The number of piperidine rings is 2. The van der Waals surface area contributed by atoms with Crippen molar-refractivity contribution in [3.63, 3.8) is 0 Å². The minimum atomic E-state index is 0.00475. The number of amides is 2. The van der Waals surface area contributed by atoms with Crippen LogP contribution in [-0.4, -0.2) is 47.8 Å². The van der Waals surface area contributed by atoms with E-state index in [0.29, 0.717) is 29.6 Å². The Balaban J connectivity index is 1.24. The molecule has 0 aliphatic carbocycles. The summed E-state index contributed by atoms with van der Waals surface area (Å²) in [4.78, 5) is 29.6. The van der Waals surface area contributed by atoms with Gasteiger partial charge in [0.1, 0.15) is 0 Å². The van der Waals surface area contributed by atoms with Crippen molar-refractivity contribution in [3.05, 3.63) is 70.7 Å². The third-order valence-electron chi connectivity index (χ3n) is 6.50. The van der Waals surface area contributed by atoms with Crippen LogP contribution in [0.5, 0.6) is 0 Å². The average Bonchev–Trinajstić information content (AvgIpc) is 2.79. The van der Waals surface area contributed by atoms with Crippen LogP contribution >= 0.6 is 11.6 Å². The van der Waals surface area contributed by atoms with Crippen molar-refractivity contribution in [2.75, 3.05) is 26.2 Å². The summed E-state index contributed by atoms with van der Waals surface area (Å²) in [6.07, 6.45) is 4.75. The molecule has 2 fully saturated rings. The van der Waals surface area contributed by atoms with Crippen LogP contribution in [0.4, 0.5) is 0 Å². The highest BCUT2D eigenvalue weighted by molar-refractivity contribution is 6.30. The lowest BCUT2D eigenvalue weighted by molar-refractivity contribution is -0.138. The van der Waals surface area contributed by atoms with E-state index in [2.05, 4.69) is 35.2 Å². The van der Waals surface area contributed by atoms with E-state index in [1.54, 1.807) is 24.3 Å². The first kappa shape index (κ1) is 20.9. The van der Waals surface area contributed by atoms with Crippen molar-refractivity contribution >= 4 is 23.4 Å². The van der Waals surface area contributed by atoms with Gasteiger partial charge in [-0.15, -0.1) is 0 Å². The van der Waals surface area contributed by atoms with Crippen LogP contribution in [0.2, 0.25) is 5.02 Å². The summed E-state index contributed by atoms with van der Waals surface area (Å²) in [6, 6.07) is 17.7. The van der Waals surface area contributed by atoms with Gasteiger partial charge in [-0.2, -0.15) is 0 Å². The van der Waals surface area contributed by atoms with Crippen LogP contribution in [0.1, 0.15) is 41.6 Å². The number of hydrogen-bond donors (Lipinski definition) is 0. The van der Waals surface area contributed by atoms with Crippen molar-refractivity contribution in [2.45, 2.75) is 32.1 Å². The molecule has 2 aliphatic rings. The number of carbonyl (C=O) groups is 2. The number of carbonyl (C=O) groups excluding carboxylic acids is 2. The van der Waals surface area contributed by atoms with E-state index in [1.165, 1.54) is 5.56 Å². The first-order chi connectivity index (χ1) is 14.6. The van der Waals surface area contributed by atoms with Gasteiger partial charge >= 0.3 is 0 Å². The molecule has 30 heavy (non-hydrogen) atoms. The maximum Gasteiger partial charge on any atom is 0.253 e. The smallest absolute Gasteiger partial charge is 0.253 e. The van der Waals surface area contributed by atoms with Gasteiger partial charge in [0.2, 0.25) is 5.91 Å². The molecular formula is C25H29ClN2O2. The van der Waals surface area contributed by atoms with Crippen molar-refractivity contribution in [1.82, 2.24) is 9.80 Å². The summed E-state index contributed by atoms with van der Waals surface area (Å²) in [5.74, 6) is 0.987. The Morgan fingerprint density at radius 1 is 0.833 bits per heavy atom. The standard InChI is InChI=1S/C25H29ClN2O2/c26-23-8-4-7-22(18-23)25(30)28-15-11-21(12-16-28)24(29)27-13-9-20(10-14-27)17-19-5-2-1-3-6-19/h1-8,18,20-21H,9-17H2. The molecule has 158 valence electrons. The van der Waals surface area contributed by atoms with Gasteiger partial charge in [0.15, 0.2) is 0 Å². The van der Waals surface area contributed by atoms with Gasteiger partial charge in [-0.05, 0) is 61.8 Å². The predicted molar refractivity (Wildman–Crippen MR) is 120 cm³/mol. The SMILES string of the molecule is O=C(c1cccc(Cl)c1)N1CCC(C(=O)N2CCC(Cc3ccccc3)CC2)CC1. The number of rotatable bonds is 4. The minimum Gasteiger partial charge on any atom is -0.342 e. The van der Waals surface area contributed by atoms with Crippen molar-refractivity contribution in [2.24, 2.45) is 11.8 Å². The fraction of sp³-hybridized carbons (Fsp3) is 0.440. The van der Waals surface area contributed by atoms with E-state index in [4.69, 9.17) is 11.6 Å². The Labute approximate surface area is 183 Å². The second-order valence-corrected chi connectivity index (χ2v) is 8.97. The van der Waals surface area contributed by atoms with E-state index in [1.807, 2.05) is 4.90 Å². The molecule has 2 aromatic rings. The Bertz CT molecular complexity index is 870. The molecule has 2 saturated heterocycles. The molecule has 2 amide bonds. The summed E-state index contributed by atoms with van der Waals surface area (Å²) in [6.45, 7) is 2.98. The number of likely N-dealkylation sites (tertiary alicyclic amines) is 2. The Hall–Kier alpha value is -2.33. The summed E-state index contributed by atoms with van der Waals surface area (Å²) in [5.41, 5.74) is 2.01. The van der Waals surface area contributed by atoms with Gasteiger partial charge in [0.05, 0.1) is 0 Å². The third kappa shape index (κ3) is 5.04. The first-order valence-electron chi connectivity index (χ1n) is 11.0. The highest BCUT2D eigenvalue weighted by atomic mass is 35.5. The second kappa shape index (κ2) is 9.65. The van der Waals surface area contributed by atoms with Crippen LogP contribution in [0.3, 0.4) is 0 Å². The summed E-state index contributed by atoms with van der Waals surface area (Å²) < 4.78 is 0. The number of hydrogen-bond acceptors (Lipinski definition) is 2. The van der Waals surface area contributed by atoms with Gasteiger partial charge in [0.25, 0.3) is 5.91 Å². The zero-order valence-corrected chi connectivity index (χ0v) is 18.1. The van der Waals surface area contributed by atoms with Crippen LogP contribution in [0.15, 0.2) is 54.6 Å². The number of halogens is 1. The van der Waals surface area contributed by atoms with Crippen molar-refractivity contribution in [1.29, 1.82) is 0 Å². The van der Waals surface area contributed by atoms with E-state index in [9.17, 15) is 9.59 Å². The molecule has 2 heterocycles. The van der Waals surface area contributed by atoms with Crippen molar-refractivity contribution < 1.29 is 9.59 Å². The maximum atomic E-state index is 13.0. The molecule has 0 N–H and O–H groups in total. The lowest BCUT2D eigenvalue weighted by atomic mass is 9.88. The van der Waals surface area contributed by atoms with Crippen molar-refractivity contribution in [3.8, 4) is 0 Å². The largest absolute Gasteiger partial charge is 0.342 e. The first-order valence-corrected chi connectivity index (χ1v) is 11.4. The molecule has 0 aromatic heterocycles. The Kier molecular flexibility index (Phi) is 6.73. The molecule has 0 unspecified atom stereocenters. The third-order valence-corrected chi connectivity index (χ3v) is 6.73. The van der Waals surface area contributed by atoms with Gasteiger partial charge in [0, 0.05) is 42.7 Å². The number of nitrogens with zero attached hydrogens (tertiary/aromatic N) is 2. The van der Waals surface area contributed by atoms with E-state index < -0.39 is 0 Å². The molecule has 4 nitrogen and oxygen atoms in total. The van der Waals surface area contributed by atoms with Gasteiger partial charge < -0.3 is 9.80 Å². The predicted octanol–water partition coefficient (Wildman–Crippen LogP) is 4.67. The Morgan fingerprint density at radius 2 is 1.50 bits per heavy atom. The summed E-state index contributed by atoms with van der Waals surface area (Å²) in [5, 5.41) is 0.571. The maximum absolute atomic E-state index is 13.0. The number of benzene rings is 2. The Morgan fingerprint density at radius 3 is 2.17 bits per heavy atom. The highest BCUT2D eigenvalue weighted by Crippen LogP contribution is 2.26. The summed E-state index contributed by atoms with van der Waals surface area (Å²) >= 11 is 6.01. The van der Waals surface area contributed by atoms with E-state index in [-0.39, 0.29) is 17.7 Å².